The Kier molecular flexibility index (Phi) is 5.16. The third-order valence-corrected chi connectivity index (χ3v) is 3.62. The first-order valence-electron chi connectivity index (χ1n) is 7.19. The van der Waals surface area contributed by atoms with Crippen molar-refractivity contribution in [2.24, 2.45) is 0 Å². The van der Waals surface area contributed by atoms with Crippen LogP contribution in [0.5, 0.6) is 0 Å². The molecular formula is C16H21NO3. The molecule has 1 heterocycles. The van der Waals surface area contributed by atoms with E-state index < -0.39 is 0 Å². The molecule has 0 radical (unpaired) electrons. The summed E-state index contributed by atoms with van der Waals surface area (Å²) in [5.74, 6) is -0.0846. The van der Waals surface area contributed by atoms with Crippen molar-refractivity contribution in [3.63, 3.8) is 0 Å². The minimum Gasteiger partial charge on any atom is -0.463 e. The molecule has 0 aromatic heterocycles. The molecule has 4 nitrogen and oxygen atoms in total. The van der Waals surface area contributed by atoms with Crippen molar-refractivity contribution in [2.45, 2.75) is 38.6 Å². The number of likely N-dealkylation sites (tertiary alicyclic amines) is 1. The zero-order chi connectivity index (χ0) is 14.4. The fraction of sp³-hybridized carbons (Fsp3) is 0.500. The molecule has 0 spiro atoms. The van der Waals surface area contributed by atoms with Gasteiger partial charge in [0.15, 0.2) is 0 Å². The van der Waals surface area contributed by atoms with E-state index in [1.165, 1.54) is 0 Å². The van der Waals surface area contributed by atoms with Crippen LogP contribution < -0.4 is 0 Å². The number of esters is 1. The average molecular weight is 275 g/mol. The summed E-state index contributed by atoms with van der Waals surface area (Å²) in [6.07, 6.45) is 2.69. The summed E-state index contributed by atoms with van der Waals surface area (Å²) in [5.41, 5.74) is 1.02. The summed E-state index contributed by atoms with van der Waals surface area (Å²) in [4.78, 5) is 25.4. The quantitative estimate of drug-likeness (QED) is 0.774. The lowest BCUT2D eigenvalue weighted by Crippen LogP contribution is -2.39. The minimum atomic E-state index is -0.202. The van der Waals surface area contributed by atoms with Crippen LogP contribution >= 0.6 is 0 Å². The molecular weight excluding hydrogens is 254 g/mol. The van der Waals surface area contributed by atoms with Gasteiger partial charge in [0, 0.05) is 13.0 Å². The molecule has 0 bridgehead atoms. The van der Waals surface area contributed by atoms with Gasteiger partial charge in [-0.05, 0) is 18.4 Å². The molecule has 0 aliphatic carbocycles. The van der Waals surface area contributed by atoms with Crippen molar-refractivity contribution in [1.82, 2.24) is 4.90 Å². The lowest BCUT2D eigenvalue weighted by molar-refractivity contribution is -0.147. The maximum atomic E-state index is 12.3. The van der Waals surface area contributed by atoms with Crippen molar-refractivity contribution in [2.75, 3.05) is 13.2 Å². The summed E-state index contributed by atoms with van der Waals surface area (Å²) < 4.78 is 5.17. The first-order chi connectivity index (χ1) is 9.70. The van der Waals surface area contributed by atoms with Crippen LogP contribution in [0.1, 0.15) is 31.7 Å². The standard InChI is InChI=1S/C16H21NO3/c1-2-16(19)20-12-14-9-6-10-17(14)15(18)11-13-7-4-3-5-8-13/h3-5,7-8,14H,2,6,9-12H2,1H3/t14-/m0/s1. The summed E-state index contributed by atoms with van der Waals surface area (Å²) >= 11 is 0. The number of hydrogen-bond donors (Lipinski definition) is 0. The highest BCUT2D eigenvalue weighted by Crippen LogP contribution is 2.19. The highest BCUT2D eigenvalue weighted by Gasteiger charge is 2.29. The van der Waals surface area contributed by atoms with Crippen molar-refractivity contribution in [3.8, 4) is 0 Å². The first kappa shape index (κ1) is 14.6. The van der Waals surface area contributed by atoms with E-state index in [1.54, 1.807) is 6.92 Å². The maximum Gasteiger partial charge on any atom is 0.305 e. The van der Waals surface area contributed by atoms with Crippen molar-refractivity contribution in [3.05, 3.63) is 35.9 Å². The van der Waals surface area contributed by atoms with Gasteiger partial charge >= 0.3 is 5.97 Å². The second-order valence-corrected chi connectivity index (χ2v) is 5.08. The Morgan fingerprint density at radius 3 is 2.75 bits per heavy atom. The van der Waals surface area contributed by atoms with Crippen molar-refractivity contribution < 1.29 is 14.3 Å². The minimum absolute atomic E-state index is 0.0433. The molecule has 1 amide bonds. The molecule has 1 saturated heterocycles. The first-order valence-corrected chi connectivity index (χ1v) is 7.19. The van der Waals surface area contributed by atoms with E-state index in [-0.39, 0.29) is 17.9 Å². The smallest absolute Gasteiger partial charge is 0.305 e. The third-order valence-electron chi connectivity index (χ3n) is 3.62. The maximum absolute atomic E-state index is 12.3. The Balaban J connectivity index is 1.89. The van der Waals surface area contributed by atoms with Gasteiger partial charge in [-0.3, -0.25) is 9.59 Å². The molecule has 4 heteroatoms. The van der Waals surface area contributed by atoms with Crippen LogP contribution in [0, 0.1) is 0 Å². The lowest BCUT2D eigenvalue weighted by Gasteiger charge is -2.24. The fourth-order valence-corrected chi connectivity index (χ4v) is 2.50. The molecule has 1 fully saturated rings. The summed E-state index contributed by atoms with van der Waals surface area (Å²) in [5, 5.41) is 0. The Hall–Kier alpha value is -1.84. The lowest BCUT2D eigenvalue weighted by atomic mass is 10.1. The Morgan fingerprint density at radius 2 is 2.05 bits per heavy atom. The van der Waals surface area contributed by atoms with Gasteiger partial charge in [-0.15, -0.1) is 0 Å². The van der Waals surface area contributed by atoms with E-state index in [9.17, 15) is 9.59 Å². The third kappa shape index (κ3) is 3.83. The summed E-state index contributed by atoms with van der Waals surface area (Å²) in [7, 11) is 0. The predicted molar refractivity (Wildman–Crippen MR) is 76.1 cm³/mol. The number of carbonyl (C=O) groups excluding carboxylic acids is 2. The monoisotopic (exact) mass is 275 g/mol. The number of carbonyl (C=O) groups is 2. The zero-order valence-electron chi connectivity index (χ0n) is 11.9. The van der Waals surface area contributed by atoms with E-state index in [4.69, 9.17) is 4.74 Å². The van der Waals surface area contributed by atoms with Crippen LogP contribution in [-0.2, 0) is 20.7 Å². The van der Waals surface area contributed by atoms with Gasteiger partial charge < -0.3 is 9.64 Å². The van der Waals surface area contributed by atoms with E-state index in [0.29, 0.717) is 19.4 Å². The Labute approximate surface area is 119 Å². The van der Waals surface area contributed by atoms with Crippen molar-refractivity contribution in [1.29, 1.82) is 0 Å². The van der Waals surface area contributed by atoms with Crippen LogP contribution in [-0.4, -0.2) is 36.0 Å². The fourth-order valence-electron chi connectivity index (χ4n) is 2.50. The van der Waals surface area contributed by atoms with Crippen LogP contribution in [0.25, 0.3) is 0 Å². The van der Waals surface area contributed by atoms with E-state index >= 15 is 0 Å². The molecule has 1 aromatic carbocycles. The Bertz CT molecular complexity index is 458. The van der Waals surface area contributed by atoms with Gasteiger partial charge in [-0.2, -0.15) is 0 Å². The van der Waals surface area contributed by atoms with E-state index in [2.05, 4.69) is 0 Å². The highest BCUT2D eigenvalue weighted by molar-refractivity contribution is 5.79. The number of ether oxygens (including phenoxy) is 1. The van der Waals surface area contributed by atoms with Crippen molar-refractivity contribution >= 4 is 11.9 Å². The molecule has 1 aliphatic rings. The van der Waals surface area contributed by atoms with E-state index in [0.717, 1.165) is 24.9 Å². The number of amides is 1. The second kappa shape index (κ2) is 7.08. The van der Waals surface area contributed by atoms with Gasteiger partial charge in [0.25, 0.3) is 0 Å². The van der Waals surface area contributed by atoms with Crippen LogP contribution in [0.4, 0.5) is 0 Å². The SMILES string of the molecule is CCC(=O)OC[C@@H]1CCCN1C(=O)Cc1ccccc1. The van der Waals surface area contributed by atoms with Gasteiger partial charge in [-0.25, -0.2) is 0 Å². The number of nitrogens with zero attached hydrogens (tertiary/aromatic N) is 1. The predicted octanol–water partition coefficient (Wildman–Crippen LogP) is 2.17. The molecule has 20 heavy (non-hydrogen) atoms. The van der Waals surface area contributed by atoms with Crippen LogP contribution in [0.2, 0.25) is 0 Å². The molecule has 2 rings (SSSR count). The molecule has 108 valence electrons. The van der Waals surface area contributed by atoms with Crippen LogP contribution in [0.3, 0.4) is 0 Å². The number of rotatable bonds is 5. The highest BCUT2D eigenvalue weighted by atomic mass is 16.5. The Morgan fingerprint density at radius 1 is 1.30 bits per heavy atom. The van der Waals surface area contributed by atoms with Gasteiger partial charge in [0.05, 0.1) is 12.5 Å². The number of benzene rings is 1. The summed E-state index contributed by atoms with van der Waals surface area (Å²) in [6.45, 7) is 2.86. The largest absolute Gasteiger partial charge is 0.463 e. The normalized spacial score (nSPS) is 18.1. The van der Waals surface area contributed by atoms with Gasteiger partial charge in [0.1, 0.15) is 6.61 Å². The zero-order valence-corrected chi connectivity index (χ0v) is 11.9. The number of hydrogen-bond acceptors (Lipinski definition) is 3. The molecule has 1 aliphatic heterocycles. The molecule has 0 unspecified atom stereocenters. The van der Waals surface area contributed by atoms with Gasteiger partial charge in [-0.1, -0.05) is 37.3 Å². The molecule has 1 atom stereocenters. The van der Waals surface area contributed by atoms with Crippen LogP contribution in [0.15, 0.2) is 30.3 Å². The topological polar surface area (TPSA) is 46.6 Å². The average Bonchev–Trinajstić information content (AvgIpc) is 2.94. The molecule has 1 aromatic rings. The molecule has 0 N–H and O–H groups in total. The molecule has 0 saturated carbocycles. The van der Waals surface area contributed by atoms with Gasteiger partial charge in [0.2, 0.25) is 5.91 Å². The van der Waals surface area contributed by atoms with E-state index in [1.807, 2.05) is 35.2 Å². The second-order valence-electron chi connectivity index (χ2n) is 5.08. The summed E-state index contributed by atoms with van der Waals surface area (Å²) in [6, 6.07) is 9.78.